The fourth-order valence-corrected chi connectivity index (χ4v) is 1.54. The van der Waals surface area contributed by atoms with Gasteiger partial charge < -0.3 is 5.43 Å². The molecule has 4 nitrogen and oxygen atoms in total. The van der Waals surface area contributed by atoms with E-state index < -0.39 is 0 Å². The monoisotopic (exact) mass is 204 g/mol. The summed E-state index contributed by atoms with van der Waals surface area (Å²) in [5.41, 5.74) is 8.51. The number of nitrogens with one attached hydrogen (secondary N) is 2. The molecule has 0 amide bonds. The Hall–Kier alpha value is -1.55. The van der Waals surface area contributed by atoms with Crippen molar-refractivity contribution < 1.29 is 0 Å². The van der Waals surface area contributed by atoms with Crippen molar-refractivity contribution in [1.29, 1.82) is 0 Å². The molecule has 2 rings (SSSR count). The lowest BCUT2D eigenvalue weighted by molar-refractivity contribution is 0.259. The smallest absolute Gasteiger partial charge is 0.0778 e. The summed E-state index contributed by atoms with van der Waals surface area (Å²) < 4.78 is 0. The van der Waals surface area contributed by atoms with Gasteiger partial charge in [0, 0.05) is 18.1 Å². The SMILES string of the molecule is CCCC1=CN(Cc2ccccn2)NN1. The average Bonchev–Trinajstić information content (AvgIpc) is 2.68. The zero-order valence-electron chi connectivity index (χ0n) is 8.90. The van der Waals surface area contributed by atoms with Crippen LogP contribution >= 0.6 is 0 Å². The lowest BCUT2D eigenvalue weighted by Gasteiger charge is -2.13. The fraction of sp³-hybridized carbons (Fsp3) is 0.364. The van der Waals surface area contributed by atoms with Gasteiger partial charge in [0.25, 0.3) is 0 Å². The molecule has 15 heavy (non-hydrogen) atoms. The van der Waals surface area contributed by atoms with E-state index in [1.807, 2.05) is 29.4 Å². The first kappa shape index (κ1) is 9.98. The van der Waals surface area contributed by atoms with Crippen LogP contribution in [0.3, 0.4) is 0 Å². The Morgan fingerprint density at radius 2 is 2.33 bits per heavy atom. The number of nitrogens with zero attached hydrogens (tertiary/aromatic N) is 2. The molecule has 1 aliphatic rings. The molecule has 2 N–H and O–H groups in total. The Balaban J connectivity index is 1.92. The summed E-state index contributed by atoms with van der Waals surface area (Å²) in [6.07, 6.45) is 6.14. The van der Waals surface area contributed by atoms with Gasteiger partial charge in [0.1, 0.15) is 0 Å². The summed E-state index contributed by atoms with van der Waals surface area (Å²) in [6, 6.07) is 5.95. The van der Waals surface area contributed by atoms with Gasteiger partial charge in [-0.2, -0.15) is 0 Å². The largest absolute Gasteiger partial charge is 0.306 e. The van der Waals surface area contributed by atoms with Crippen LogP contribution in [0.1, 0.15) is 25.5 Å². The van der Waals surface area contributed by atoms with E-state index in [1.165, 1.54) is 5.70 Å². The molecule has 0 aromatic carbocycles. The predicted molar refractivity (Wildman–Crippen MR) is 59.0 cm³/mol. The van der Waals surface area contributed by atoms with E-state index in [4.69, 9.17) is 0 Å². The molecule has 0 radical (unpaired) electrons. The Morgan fingerprint density at radius 3 is 3.07 bits per heavy atom. The first-order valence-electron chi connectivity index (χ1n) is 5.27. The third-order valence-electron chi connectivity index (χ3n) is 2.25. The van der Waals surface area contributed by atoms with Gasteiger partial charge in [0.2, 0.25) is 0 Å². The zero-order chi connectivity index (χ0) is 10.5. The predicted octanol–water partition coefficient (Wildman–Crippen LogP) is 1.55. The third kappa shape index (κ3) is 2.70. The van der Waals surface area contributed by atoms with E-state index in [-0.39, 0.29) is 0 Å². The fourth-order valence-electron chi connectivity index (χ4n) is 1.54. The second-order valence-corrected chi connectivity index (χ2v) is 3.59. The summed E-state index contributed by atoms with van der Waals surface area (Å²) in [6.45, 7) is 2.95. The summed E-state index contributed by atoms with van der Waals surface area (Å²) in [7, 11) is 0. The Kier molecular flexibility index (Phi) is 3.19. The Labute approximate surface area is 89.9 Å². The lowest BCUT2D eigenvalue weighted by atomic mass is 10.3. The number of hydrogen-bond acceptors (Lipinski definition) is 4. The molecule has 0 atom stereocenters. The minimum atomic E-state index is 0.779. The van der Waals surface area contributed by atoms with Crippen molar-refractivity contribution >= 4 is 0 Å². The Bertz CT molecular complexity index is 334. The molecule has 0 saturated heterocycles. The number of rotatable bonds is 4. The normalized spacial score (nSPS) is 15.0. The van der Waals surface area contributed by atoms with Crippen LogP contribution in [-0.4, -0.2) is 9.99 Å². The lowest BCUT2D eigenvalue weighted by Crippen LogP contribution is -2.36. The van der Waals surface area contributed by atoms with E-state index >= 15 is 0 Å². The minimum absolute atomic E-state index is 0.779. The topological polar surface area (TPSA) is 40.2 Å². The molecule has 1 aliphatic heterocycles. The molecule has 4 heteroatoms. The van der Waals surface area contributed by atoms with Crippen LogP contribution in [0.4, 0.5) is 0 Å². The molecular weight excluding hydrogens is 188 g/mol. The first-order valence-corrected chi connectivity index (χ1v) is 5.27. The van der Waals surface area contributed by atoms with Gasteiger partial charge in [-0.05, 0) is 18.6 Å². The van der Waals surface area contributed by atoms with E-state index in [0.29, 0.717) is 0 Å². The van der Waals surface area contributed by atoms with Crippen molar-refractivity contribution in [3.05, 3.63) is 42.0 Å². The number of aromatic nitrogens is 1. The molecule has 0 unspecified atom stereocenters. The number of pyridine rings is 1. The molecule has 0 saturated carbocycles. The molecule has 0 bridgehead atoms. The molecule has 1 aromatic rings. The first-order chi connectivity index (χ1) is 7.38. The Morgan fingerprint density at radius 1 is 1.40 bits per heavy atom. The highest BCUT2D eigenvalue weighted by Gasteiger charge is 2.10. The summed E-state index contributed by atoms with van der Waals surface area (Å²) in [5.74, 6) is 0. The number of hydrazine groups is 2. The van der Waals surface area contributed by atoms with Gasteiger partial charge in [-0.15, -0.1) is 5.53 Å². The van der Waals surface area contributed by atoms with Crippen molar-refractivity contribution in [2.24, 2.45) is 0 Å². The second kappa shape index (κ2) is 4.79. The van der Waals surface area contributed by atoms with Crippen LogP contribution in [0.5, 0.6) is 0 Å². The van der Waals surface area contributed by atoms with Crippen molar-refractivity contribution in [1.82, 2.24) is 21.0 Å². The van der Waals surface area contributed by atoms with Gasteiger partial charge in [0.05, 0.1) is 12.2 Å². The zero-order valence-corrected chi connectivity index (χ0v) is 8.90. The van der Waals surface area contributed by atoms with Crippen molar-refractivity contribution in [2.75, 3.05) is 0 Å². The average molecular weight is 204 g/mol. The molecule has 80 valence electrons. The number of allylic oxidation sites excluding steroid dienone is 1. The van der Waals surface area contributed by atoms with Crippen LogP contribution in [0, 0.1) is 0 Å². The van der Waals surface area contributed by atoms with Crippen LogP contribution in [-0.2, 0) is 6.54 Å². The second-order valence-electron chi connectivity index (χ2n) is 3.59. The maximum absolute atomic E-state index is 4.27. The van der Waals surface area contributed by atoms with Crippen LogP contribution in [0.2, 0.25) is 0 Å². The quantitative estimate of drug-likeness (QED) is 0.780. The molecule has 0 fully saturated rings. The van der Waals surface area contributed by atoms with Crippen molar-refractivity contribution in [3.63, 3.8) is 0 Å². The van der Waals surface area contributed by atoms with Crippen molar-refractivity contribution in [2.45, 2.75) is 26.3 Å². The molecule has 0 spiro atoms. The number of hydrogen-bond donors (Lipinski definition) is 2. The minimum Gasteiger partial charge on any atom is -0.306 e. The van der Waals surface area contributed by atoms with E-state index in [9.17, 15) is 0 Å². The molecule has 0 aliphatic carbocycles. The highest BCUT2D eigenvalue weighted by molar-refractivity contribution is 5.07. The maximum atomic E-state index is 4.27. The highest BCUT2D eigenvalue weighted by atomic mass is 15.7. The summed E-state index contributed by atoms with van der Waals surface area (Å²) >= 11 is 0. The van der Waals surface area contributed by atoms with Gasteiger partial charge in [-0.25, -0.2) is 0 Å². The summed E-state index contributed by atoms with van der Waals surface area (Å²) in [4.78, 5) is 4.27. The molecule has 1 aromatic heterocycles. The van der Waals surface area contributed by atoms with Gasteiger partial charge in [0.15, 0.2) is 0 Å². The van der Waals surface area contributed by atoms with Crippen LogP contribution < -0.4 is 11.0 Å². The molecular formula is C11H16N4. The highest BCUT2D eigenvalue weighted by Crippen LogP contribution is 2.08. The summed E-state index contributed by atoms with van der Waals surface area (Å²) in [5, 5.41) is 2.01. The standard InChI is InChI=1S/C11H16N4/c1-2-5-11-9-15(14-13-11)8-10-6-3-4-7-12-10/h3-4,6-7,9,13-14H,2,5,8H2,1H3. The van der Waals surface area contributed by atoms with Gasteiger partial charge in [-0.3, -0.25) is 9.99 Å². The van der Waals surface area contributed by atoms with E-state index in [1.54, 1.807) is 0 Å². The van der Waals surface area contributed by atoms with Crippen molar-refractivity contribution in [3.8, 4) is 0 Å². The molecule has 2 heterocycles. The maximum Gasteiger partial charge on any atom is 0.0778 e. The van der Waals surface area contributed by atoms with E-state index in [0.717, 1.165) is 25.1 Å². The van der Waals surface area contributed by atoms with E-state index in [2.05, 4.69) is 29.1 Å². The van der Waals surface area contributed by atoms with Gasteiger partial charge in [-0.1, -0.05) is 19.4 Å². The van der Waals surface area contributed by atoms with Gasteiger partial charge >= 0.3 is 0 Å². The van der Waals surface area contributed by atoms with Crippen LogP contribution in [0.25, 0.3) is 0 Å². The third-order valence-corrected chi connectivity index (χ3v) is 2.25. The van der Waals surface area contributed by atoms with Crippen LogP contribution in [0.15, 0.2) is 36.3 Å².